The number of amides is 1. The van der Waals surface area contributed by atoms with Gasteiger partial charge in [-0.25, -0.2) is 0 Å². The summed E-state index contributed by atoms with van der Waals surface area (Å²) >= 11 is 0. The highest BCUT2D eigenvalue weighted by atomic mass is 16.1. The lowest BCUT2D eigenvalue weighted by atomic mass is 10.0. The zero-order valence-corrected chi connectivity index (χ0v) is 15.4. The van der Waals surface area contributed by atoms with Crippen molar-refractivity contribution >= 4 is 16.7 Å². The molecule has 0 aliphatic rings. The Balaban J connectivity index is 1.87. The fourth-order valence-corrected chi connectivity index (χ4v) is 3.16. The van der Waals surface area contributed by atoms with Crippen molar-refractivity contribution in [3.63, 3.8) is 0 Å². The molecule has 0 aliphatic carbocycles. The first-order valence-electron chi connectivity index (χ1n) is 9.18. The molecule has 0 radical (unpaired) electrons. The van der Waals surface area contributed by atoms with Gasteiger partial charge < -0.3 is 10.2 Å². The molecule has 1 aromatic heterocycles. The Bertz CT molecular complexity index is 873. The maximum absolute atomic E-state index is 12.7. The molecule has 4 nitrogen and oxygen atoms in total. The van der Waals surface area contributed by atoms with E-state index in [1.807, 2.05) is 54.6 Å². The summed E-state index contributed by atoms with van der Waals surface area (Å²) in [6.45, 7) is 7.73. The molecular weight excluding hydrogens is 322 g/mol. The van der Waals surface area contributed by atoms with Gasteiger partial charge in [-0.2, -0.15) is 0 Å². The molecule has 1 N–H and O–H groups in total. The summed E-state index contributed by atoms with van der Waals surface area (Å²) in [6, 6.07) is 18.0. The molecule has 0 saturated carbocycles. The smallest absolute Gasteiger partial charge is 0.253 e. The van der Waals surface area contributed by atoms with E-state index < -0.39 is 0 Å². The summed E-state index contributed by atoms with van der Waals surface area (Å²) in [5.74, 6) is -0.0690. The van der Waals surface area contributed by atoms with E-state index >= 15 is 0 Å². The fraction of sp³-hybridized carbons (Fsp3) is 0.273. The van der Waals surface area contributed by atoms with E-state index in [0.717, 1.165) is 41.7 Å². The second-order valence-electron chi connectivity index (χ2n) is 6.21. The van der Waals surface area contributed by atoms with Crippen molar-refractivity contribution in [3.05, 3.63) is 66.4 Å². The lowest BCUT2D eigenvalue weighted by Crippen LogP contribution is -2.34. The Kier molecular flexibility index (Phi) is 5.97. The first-order chi connectivity index (χ1) is 12.7. The quantitative estimate of drug-likeness (QED) is 0.703. The molecular formula is C22H25N3O. The van der Waals surface area contributed by atoms with Gasteiger partial charge in [0.1, 0.15) is 0 Å². The first kappa shape index (κ1) is 18.1. The molecule has 0 saturated heterocycles. The Labute approximate surface area is 154 Å². The molecule has 26 heavy (non-hydrogen) atoms. The molecule has 134 valence electrons. The predicted octanol–water partition coefficient (Wildman–Crippen LogP) is 3.97. The first-order valence-corrected chi connectivity index (χ1v) is 9.18. The van der Waals surface area contributed by atoms with E-state index in [9.17, 15) is 4.79 Å². The summed E-state index contributed by atoms with van der Waals surface area (Å²) in [6.07, 6.45) is 1.69. The number of hydrogen-bond donors (Lipinski definition) is 1. The van der Waals surface area contributed by atoms with Crippen molar-refractivity contribution in [2.24, 2.45) is 0 Å². The molecule has 3 aromatic rings. The van der Waals surface area contributed by atoms with Gasteiger partial charge in [0.05, 0.1) is 11.3 Å². The predicted molar refractivity (Wildman–Crippen MR) is 107 cm³/mol. The van der Waals surface area contributed by atoms with Crippen LogP contribution in [0.2, 0.25) is 0 Å². The number of fused-ring (bicyclic) bond motifs is 1. The van der Waals surface area contributed by atoms with E-state index in [2.05, 4.69) is 29.0 Å². The van der Waals surface area contributed by atoms with Crippen LogP contribution in [0.1, 0.15) is 24.2 Å². The van der Waals surface area contributed by atoms with Gasteiger partial charge in [-0.3, -0.25) is 9.78 Å². The Hall–Kier alpha value is -2.72. The van der Waals surface area contributed by atoms with Crippen LogP contribution in [0, 0.1) is 0 Å². The molecule has 0 unspecified atom stereocenters. The van der Waals surface area contributed by atoms with E-state index in [1.54, 1.807) is 6.20 Å². The number of rotatable bonds is 7. The SMILES string of the molecule is CCN(CC)CCNC(=O)c1cnc(-c2ccccc2)c2ccccc12. The van der Waals surface area contributed by atoms with Gasteiger partial charge in [0.15, 0.2) is 0 Å². The highest BCUT2D eigenvalue weighted by Crippen LogP contribution is 2.28. The van der Waals surface area contributed by atoms with Gasteiger partial charge >= 0.3 is 0 Å². The molecule has 3 rings (SSSR count). The van der Waals surface area contributed by atoms with Gasteiger partial charge in [0, 0.05) is 30.2 Å². The van der Waals surface area contributed by atoms with Gasteiger partial charge in [0.2, 0.25) is 0 Å². The third-order valence-corrected chi connectivity index (χ3v) is 4.69. The summed E-state index contributed by atoms with van der Waals surface area (Å²) in [4.78, 5) is 19.6. The van der Waals surface area contributed by atoms with Crippen molar-refractivity contribution < 1.29 is 4.79 Å². The zero-order valence-electron chi connectivity index (χ0n) is 15.4. The minimum absolute atomic E-state index is 0.0690. The maximum atomic E-state index is 12.7. The number of likely N-dealkylation sites (N-methyl/N-ethyl adjacent to an activating group) is 1. The number of nitrogens with zero attached hydrogens (tertiary/aromatic N) is 2. The third-order valence-electron chi connectivity index (χ3n) is 4.69. The third kappa shape index (κ3) is 3.92. The monoisotopic (exact) mass is 347 g/mol. The number of pyridine rings is 1. The van der Waals surface area contributed by atoms with Crippen LogP contribution in [0.4, 0.5) is 0 Å². The lowest BCUT2D eigenvalue weighted by Gasteiger charge is -2.18. The Morgan fingerprint density at radius 2 is 1.62 bits per heavy atom. The summed E-state index contributed by atoms with van der Waals surface area (Å²) in [7, 11) is 0. The molecule has 0 bridgehead atoms. The normalized spacial score (nSPS) is 11.0. The second-order valence-corrected chi connectivity index (χ2v) is 6.21. The van der Waals surface area contributed by atoms with E-state index in [0.29, 0.717) is 12.1 Å². The largest absolute Gasteiger partial charge is 0.351 e. The minimum atomic E-state index is -0.0690. The standard InChI is InChI=1S/C22H25N3O/c1-3-25(4-2)15-14-23-22(26)20-16-24-21(17-10-6-5-7-11-17)19-13-9-8-12-18(19)20/h5-13,16H,3-4,14-15H2,1-2H3,(H,23,26). The highest BCUT2D eigenvalue weighted by Gasteiger charge is 2.14. The van der Waals surface area contributed by atoms with Crippen LogP contribution in [0.15, 0.2) is 60.8 Å². The molecule has 0 atom stereocenters. The Morgan fingerprint density at radius 1 is 0.962 bits per heavy atom. The van der Waals surface area contributed by atoms with E-state index in [-0.39, 0.29) is 5.91 Å². The Morgan fingerprint density at radius 3 is 2.31 bits per heavy atom. The van der Waals surface area contributed by atoms with Crippen LogP contribution < -0.4 is 5.32 Å². The van der Waals surface area contributed by atoms with Crippen LogP contribution in [0.25, 0.3) is 22.0 Å². The van der Waals surface area contributed by atoms with Gasteiger partial charge in [-0.05, 0) is 18.5 Å². The lowest BCUT2D eigenvalue weighted by molar-refractivity contribution is 0.0950. The molecule has 0 aliphatic heterocycles. The van der Waals surface area contributed by atoms with Gasteiger partial charge in [-0.1, -0.05) is 68.4 Å². The highest BCUT2D eigenvalue weighted by molar-refractivity contribution is 6.09. The van der Waals surface area contributed by atoms with Crippen LogP contribution in [-0.4, -0.2) is 42.0 Å². The number of benzene rings is 2. The number of nitrogens with one attached hydrogen (secondary N) is 1. The minimum Gasteiger partial charge on any atom is -0.351 e. The number of hydrogen-bond acceptors (Lipinski definition) is 3. The molecule has 0 fully saturated rings. The van der Waals surface area contributed by atoms with Crippen molar-refractivity contribution in [2.75, 3.05) is 26.2 Å². The van der Waals surface area contributed by atoms with Crippen LogP contribution >= 0.6 is 0 Å². The van der Waals surface area contributed by atoms with Crippen LogP contribution in [-0.2, 0) is 0 Å². The topological polar surface area (TPSA) is 45.2 Å². The summed E-state index contributed by atoms with van der Waals surface area (Å²) < 4.78 is 0. The summed E-state index contributed by atoms with van der Waals surface area (Å²) in [5.41, 5.74) is 2.58. The van der Waals surface area contributed by atoms with Crippen molar-refractivity contribution in [1.82, 2.24) is 15.2 Å². The second kappa shape index (κ2) is 8.59. The average Bonchev–Trinajstić information content (AvgIpc) is 2.71. The number of aromatic nitrogens is 1. The van der Waals surface area contributed by atoms with Gasteiger partial charge in [-0.15, -0.1) is 0 Å². The van der Waals surface area contributed by atoms with Gasteiger partial charge in [0.25, 0.3) is 5.91 Å². The molecule has 1 heterocycles. The maximum Gasteiger partial charge on any atom is 0.253 e. The summed E-state index contributed by atoms with van der Waals surface area (Å²) in [5, 5.41) is 4.96. The van der Waals surface area contributed by atoms with Crippen molar-refractivity contribution in [2.45, 2.75) is 13.8 Å². The van der Waals surface area contributed by atoms with E-state index in [4.69, 9.17) is 0 Å². The molecule has 0 spiro atoms. The average molecular weight is 347 g/mol. The number of carbonyl (C=O) groups is 1. The van der Waals surface area contributed by atoms with Crippen molar-refractivity contribution in [3.8, 4) is 11.3 Å². The molecule has 1 amide bonds. The molecule has 4 heteroatoms. The zero-order chi connectivity index (χ0) is 18.4. The number of carbonyl (C=O) groups excluding carboxylic acids is 1. The fourth-order valence-electron chi connectivity index (χ4n) is 3.16. The van der Waals surface area contributed by atoms with Crippen molar-refractivity contribution in [1.29, 1.82) is 0 Å². The van der Waals surface area contributed by atoms with Crippen LogP contribution in [0.5, 0.6) is 0 Å². The molecule has 2 aromatic carbocycles. The van der Waals surface area contributed by atoms with Crippen LogP contribution in [0.3, 0.4) is 0 Å². The van der Waals surface area contributed by atoms with E-state index in [1.165, 1.54) is 0 Å².